The van der Waals surface area contributed by atoms with Crippen LogP contribution >= 0.6 is 23.2 Å². The van der Waals surface area contributed by atoms with Gasteiger partial charge in [0.05, 0.1) is 36.8 Å². The van der Waals surface area contributed by atoms with Gasteiger partial charge in [-0.15, -0.1) is 0 Å². The minimum Gasteiger partial charge on any atom is -0.495 e. The Balaban J connectivity index is 1.62. The fourth-order valence-electron chi connectivity index (χ4n) is 2.70. The summed E-state index contributed by atoms with van der Waals surface area (Å²) in [6, 6.07) is 5.07. The summed E-state index contributed by atoms with van der Waals surface area (Å²) < 4.78 is 11.0. The number of rotatable bonds is 4. The van der Waals surface area contributed by atoms with Crippen molar-refractivity contribution in [3.8, 4) is 11.8 Å². The minimum absolute atomic E-state index is 0.183. The van der Waals surface area contributed by atoms with Gasteiger partial charge >= 0.3 is 12.0 Å². The first-order chi connectivity index (χ1) is 12.5. The highest BCUT2D eigenvalue weighted by Crippen LogP contribution is 2.28. The summed E-state index contributed by atoms with van der Waals surface area (Å²) in [4.78, 5) is 22.3. The third-order valence-corrected chi connectivity index (χ3v) is 4.37. The predicted molar refractivity (Wildman–Crippen MR) is 99.3 cm³/mol. The monoisotopic (exact) mass is 396 g/mol. The second-order valence-electron chi connectivity index (χ2n) is 5.79. The lowest BCUT2D eigenvalue weighted by atomic mass is 10.1. The molecule has 0 spiro atoms. The summed E-state index contributed by atoms with van der Waals surface area (Å²) in [6.45, 7) is 1.07. The highest BCUT2D eigenvalue weighted by Gasteiger charge is 2.26. The fraction of sp³-hybridized carbons (Fsp3) is 0.353. The van der Waals surface area contributed by atoms with Gasteiger partial charge in [-0.05, 0) is 31.0 Å². The number of anilines is 1. The zero-order valence-electron chi connectivity index (χ0n) is 14.1. The number of urea groups is 1. The molecule has 1 aromatic carbocycles. The standard InChI is InChI=1S/C17H18Cl2N4O3/c1-25-15-5-4-11(18)7-14(15)22-17(24)23-6-2-3-13(10-23)26-16-20-8-12(19)9-21-16/h4-5,7-9,13H,2-3,6,10H2,1H3,(H,22,24). The number of methoxy groups -OCH3 is 1. The number of nitrogens with zero attached hydrogens (tertiary/aromatic N) is 3. The number of carbonyl (C=O) groups is 1. The molecule has 1 unspecified atom stereocenters. The number of halogens is 2. The van der Waals surface area contributed by atoms with Crippen LogP contribution in [0.4, 0.5) is 10.5 Å². The Hall–Kier alpha value is -2.25. The summed E-state index contributed by atoms with van der Waals surface area (Å²) in [5.74, 6) is 0.544. The summed E-state index contributed by atoms with van der Waals surface area (Å²) >= 11 is 11.8. The molecule has 26 heavy (non-hydrogen) atoms. The molecule has 1 fully saturated rings. The lowest BCUT2D eigenvalue weighted by molar-refractivity contribution is 0.0983. The second-order valence-corrected chi connectivity index (χ2v) is 6.66. The molecule has 0 bridgehead atoms. The maximum Gasteiger partial charge on any atom is 0.322 e. The Morgan fingerprint density at radius 2 is 2.04 bits per heavy atom. The highest BCUT2D eigenvalue weighted by molar-refractivity contribution is 6.31. The molecule has 1 N–H and O–H groups in total. The Labute approximate surface area is 161 Å². The molecule has 1 aliphatic heterocycles. The van der Waals surface area contributed by atoms with Crippen LogP contribution in [0, 0.1) is 0 Å². The van der Waals surface area contributed by atoms with E-state index in [0.29, 0.717) is 34.6 Å². The number of nitrogens with one attached hydrogen (secondary N) is 1. The van der Waals surface area contributed by atoms with E-state index in [-0.39, 0.29) is 18.1 Å². The first-order valence-electron chi connectivity index (χ1n) is 8.09. The topological polar surface area (TPSA) is 76.6 Å². The van der Waals surface area contributed by atoms with E-state index < -0.39 is 0 Å². The summed E-state index contributed by atoms with van der Waals surface area (Å²) in [7, 11) is 1.54. The van der Waals surface area contributed by atoms with Crippen molar-refractivity contribution in [3.05, 3.63) is 40.6 Å². The third-order valence-electron chi connectivity index (χ3n) is 3.94. The van der Waals surface area contributed by atoms with Crippen molar-refractivity contribution in [2.45, 2.75) is 18.9 Å². The van der Waals surface area contributed by atoms with Crippen molar-refractivity contribution in [1.29, 1.82) is 0 Å². The molecule has 0 aliphatic carbocycles. The third kappa shape index (κ3) is 4.68. The summed E-state index contributed by atoms with van der Waals surface area (Å²) in [5.41, 5.74) is 0.522. The van der Waals surface area contributed by atoms with Gasteiger partial charge in [0.2, 0.25) is 0 Å². The van der Waals surface area contributed by atoms with Crippen molar-refractivity contribution in [1.82, 2.24) is 14.9 Å². The molecule has 3 rings (SSSR count). The zero-order valence-corrected chi connectivity index (χ0v) is 15.6. The molecule has 1 aromatic heterocycles. The first kappa shape index (κ1) is 18.5. The molecule has 7 nitrogen and oxygen atoms in total. The van der Waals surface area contributed by atoms with E-state index in [4.69, 9.17) is 32.7 Å². The Bertz CT molecular complexity index is 773. The van der Waals surface area contributed by atoms with Crippen LogP contribution in [0.1, 0.15) is 12.8 Å². The van der Waals surface area contributed by atoms with Crippen molar-refractivity contribution in [2.75, 3.05) is 25.5 Å². The summed E-state index contributed by atoms with van der Waals surface area (Å²) in [5, 5.41) is 3.79. The number of amides is 2. The SMILES string of the molecule is COc1ccc(Cl)cc1NC(=O)N1CCCC(Oc2ncc(Cl)cn2)C1. The molecule has 0 radical (unpaired) electrons. The molecule has 2 amide bonds. The van der Waals surface area contributed by atoms with Crippen molar-refractivity contribution in [2.24, 2.45) is 0 Å². The number of carbonyl (C=O) groups excluding carboxylic acids is 1. The zero-order chi connectivity index (χ0) is 18.5. The smallest absolute Gasteiger partial charge is 0.322 e. The number of benzene rings is 1. The van der Waals surface area contributed by atoms with Crippen LogP contribution in [0.2, 0.25) is 10.0 Å². The van der Waals surface area contributed by atoms with Crippen LogP contribution in [-0.2, 0) is 0 Å². The Morgan fingerprint density at radius 3 is 2.77 bits per heavy atom. The Kier molecular flexibility index (Phi) is 6.00. The number of piperidine rings is 1. The Morgan fingerprint density at radius 1 is 1.27 bits per heavy atom. The van der Waals surface area contributed by atoms with E-state index in [0.717, 1.165) is 12.8 Å². The molecule has 9 heteroatoms. The van der Waals surface area contributed by atoms with Crippen molar-refractivity contribution in [3.63, 3.8) is 0 Å². The number of ether oxygens (including phenoxy) is 2. The molecule has 2 aromatic rings. The van der Waals surface area contributed by atoms with Gasteiger partial charge in [-0.1, -0.05) is 23.2 Å². The molecular weight excluding hydrogens is 379 g/mol. The quantitative estimate of drug-likeness (QED) is 0.848. The van der Waals surface area contributed by atoms with Gasteiger partial charge in [0.15, 0.2) is 0 Å². The van der Waals surface area contributed by atoms with Crippen molar-refractivity contribution >= 4 is 34.9 Å². The second kappa shape index (κ2) is 8.42. The summed E-state index contributed by atoms with van der Waals surface area (Å²) in [6.07, 6.45) is 4.40. The van der Waals surface area contributed by atoms with Crippen molar-refractivity contribution < 1.29 is 14.3 Å². The van der Waals surface area contributed by atoms with E-state index in [2.05, 4.69) is 15.3 Å². The van der Waals surface area contributed by atoms with Crippen LogP contribution in [0.25, 0.3) is 0 Å². The van der Waals surface area contributed by atoms with E-state index in [9.17, 15) is 4.79 Å². The number of hydrogen-bond acceptors (Lipinski definition) is 5. The van der Waals surface area contributed by atoms with Crippen LogP contribution in [0.5, 0.6) is 11.8 Å². The molecular formula is C17H18Cl2N4O3. The van der Waals surface area contributed by atoms with Gasteiger partial charge < -0.3 is 19.7 Å². The number of hydrogen-bond donors (Lipinski definition) is 1. The van der Waals surface area contributed by atoms with Gasteiger partial charge in [0, 0.05) is 11.6 Å². The average Bonchev–Trinajstić information content (AvgIpc) is 2.64. The largest absolute Gasteiger partial charge is 0.495 e. The van der Waals surface area contributed by atoms with Crippen LogP contribution < -0.4 is 14.8 Å². The highest BCUT2D eigenvalue weighted by atomic mass is 35.5. The number of aromatic nitrogens is 2. The maximum atomic E-state index is 12.6. The average molecular weight is 397 g/mol. The van der Waals surface area contributed by atoms with E-state index in [1.54, 1.807) is 23.1 Å². The number of likely N-dealkylation sites (tertiary alicyclic amines) is 1. The van der Waals surface area contributed by atoms with Crippen LogP contribution in [-0.4, -0.2) is 47.2 Å². The van der Waals surface area contributed by atoms with Crippen LogP contribution in [0.15, 0.2) is 30.6 Å². The minimum atomic E-state index is -0.240. The van der Waals surface area contributed by atoms with Gasteiger partial charge in [-0.2, -0.15) is 0 Å². The van der Waals surface area contributed by atoms with Gasteiger partial charge in [0.25, 0.3) is 0 Å². The molecule has 1 aliphatic rings. The van der Waals surface area contributed by atoms with Gasteiger partial charge in [0.1, 0.15) is 11.9 Å². The molecule has 1 atom stereocenters. The van der Waals surface area contributed by atoms with E-state index in [1.165, 1.54) is 19.5 Å². The lowest BCUT2D eigenvalue weighted by Crippen LogP contribution is -2.46. The van der Waals surface area contributed by atoms with Gasteiger partial charge in [-0.25, -0.2) is 14.8 Å². The van der Waals surface area contributed by atoms with Gasteiger partial charge in [-0.3, -0.25) is 0 Å². The van der Waals surface area contributed by atoms with E-state index >= 15 is 0 Å². The molecule has 0 saturated carbocycles. The van der Waals surface area contributed by atoms with E-state index in [1.807, 2.05) is 0 Å². The fourth-order valence-corrected chi connectivity index (χ4v) is 2.97. The van der Waals surface area contributed by atoms with Crippen LogP contribution in [0.3, 0.4) is 0 Å². The maximum absolute atomic E-state index is 12.6. The normalized spacial score (nSPS) is 16.9. The lowest BCUT2D eigenvalue weighted by Gasteiger charge is -2.32. The molecule has 1 saturated heterocycles. The first-order valence-corrected chi connectivity index (χ1v) is 8.84. The predicted octanol–water partition coefficient (Wildman–Crippen LogP) is 3.87. The molecule has 138 valence electrons. The molecule has 2 heterocycles.